The maximum atomic E-state index is 11.7. The molecule has 0 aromatic carbocycles. The van der Waals surface area contributed by atoms with Gasteiger partial charge in [0.05, 0.1) is 5.69 Å². The topological polar surface area (TPSA) is 59.1 Å². The Morgan fingerprint density at radius 3 is 2.43 bits per heavy atom. The number of hydrogen-bond acceptors (Lipinski definition) is 4. The predicted molar refractivity (Wildman–Crippen MR) is 60.0 cm³/mol. The van der Waals surface area contributed by atoms with Crippen LogP contribution in [0.1, 0.15) is 19.5 Å². The fourth-order valence-electron chi connectivity index (χ4n) is 0.964. The third kappa shape index (κ3) is 2.75. The average Bonchev–Trinajstić information content (AvgIpc) is 2.27. The van der Waals surface area contributed by atoms with E-state index < -0.39 is 10.0 Å². The largest absolute Gasteiger partial charge is 0.252 e. The monoisotopic (exact) mass is 298 g/mol. The van der Waals surface area contributed by atoms with Crippen molar-refractivity contribution in [3.05, 3.63) is 9.61 Å². The molecule has 0 fully saturated rings. The Hall–Kier alpha value is 0.0200. The summed E-state index contributed by atoms with van der Waals surface area (Å²) < 4.78 is 26.8. The number of nitrogens with zero attached hydrogens (tertiary/aromatic N) is 1. The molecule has 14 heavy (non-hydrogen) atoms. The van der Waals surface area contributed by atoms with Crippen molar-refractivity contribution in [3.8, 4) is 0 Å². The summed E-state index contributed by atoms with van der Waals surface area (Å²) in [6.07, 6.45) is 0. The smallest absolute Gasteiger partial charge is 0.233 e. The molecular weight excluding hydrogens is 288 g/mol. The van der Waals surface area contributed by atoms with Crippen LogP contribution in [0.3, 0.4) is 0 Å². The zero-order valence-corrected chi connectivity index (χ0v) is 11.3. The van der Waals surface area contributed by atoms with Gasteiger partial charge in [0.15, 0.2) is 8.13 Å². The Morgan fingerprint density at radius 1 is 1.50 bits per heavy atom. The van der Waals surface area contributed by atoms with Gasteiger partial charge in [0.2, 0.25) is 0 Å². The van der Waals surface area contributed by atoms with Crippen LogP contribution >= 0.6 is 27.3 Å². The van der Waals surface area contributed by atoms with Crippen LogP contribution < -0.4 is 4.72 Å². The molecule has 1 N–H and O–H groups in total. The highest BCUT2D eigenvalue weighted by atomic mass is 79.9. The molecule has 1 rings (SSSR count). The third-order valence-corrected chi connectivity index (χ3v) is 5.24. The van der Waals surface area contributed by atoms with Crippen molar-refractivity contribution in [2.24, 2.45) is 0 Å². The molecule has 0 aliphatic carbocycles. The van der Waals surface area contributed by atoms with E-state index in [1.807, 2.05) is 0 Å². The second-order valence-electron chi connectivity index (χ2n) is 3.12. The summed E-state index contributed by atoms with van der Waals surface area (Å²) in [5, 5.41) is 0. The van der Waals surface area contributed by atoms with E-state index in [1.54, 1.807) is 20.8 Å². The van der Waals surface area contributed by atoms with Crippen LogP contribution in [0.2, 0.25) is 0 Å². The van der Waals surface area contributed by atoms with E-state index in [1.165, 1.54) is 0 Å². The van der Waals surface area contributed by atoms with Crippen LogP contribution in [0.25, 0.3) is 0 Å². The number of aromatic nitrogens is 1. The Bertz CT molecular complexity index is 425. The second-order valence-corrected chi connectivity index (χ2v) is 7.30. The van der Waals surface area contributed by atoms with Crippen LogP contribution in [-0.2, 0) is 10.0 Å². The van der Waals surface area contributed by atoms with E-state index in [0.717, 1.165) is 11.3 Å². The van der Waals surface area contributed by atoms with Crippen LogP contribution in [0.15, 0.2) is 8.13 Å². The molecule has 0 unspecified atom stereocenters. The van der Waals surface area contributed by atoms with E-state index in [9.17, 15) is 8.42 Å². The minimum absolute atomic E-state index is 0.111. The van der Waals surface area contributed by atoms with Gasteiger partial charge in [0.25, 0.3) is 10.0 Å². The molecule has 0 saturated carbocycles. The Balaban J connectivity index is 3.10. The quantitative estimate of drug-likeness (QED) is 0.927. The van der Waals surface area contributed by atoms with Crippen LogP contribution in [0, 0.1) is 6.92 Å². The summed E-state index contributed by atoms with van der Waals surface area (Å²) in [6, 6.07) is -0.111. The number of sulfonamides is 1. The summed E-state index contributed by atoms with van der Waals surface area (Å²) in [6.45, 7) is 5.24. The van der Waals surface area contributed by atoms with Gasteiger partial charge in [-0.15, -0.1) is 0 Å². The number of aryl methyl sites for hydroxylation is 1. The molecule has 0 spiro atoms. The van der Waals surface area contributed by atoms with Crippen LogP contribution in [-0.4, -0.2) is 19.4 Å². The fraction of sp³-hybridized carbons (Fsp3) is 0.571. The van der Waals surface area contributed by atoms with Gasteiger partial charge in [-0.05, 0) is 36.7 Å². The van der Waals surface area contributed by atoms with Crippen LogP contribution in [0.4, 0.5) is 0 Å². The van der Waals surface area contributed by atoms with Crippen molar-refractivity contribution in [1.82, 2.24) is 9.71 Å². The molecule has 7 heteroatoms. The normalized spacial score (nSPS) is 12.4. The minimum Gasteiger partial charge on any atom is -0.233 e. The first-order chi connectivity index (χ1) is 6.33. The van der Waals surface area contributed by atoms with Crippen molar-refractivity contribution < 1.29 is 8.42 Å². The van der Waals surface area contributed by atoms with Crippen LogP contribution in [0.5, 0.6) is 0 Å². The fourth-order valence-corrected chi connectivity index (χ4v) is 4.55. The van der Waals surface area contributed by atoms with E-state index in [0.29, 0.717) is 9.61 Å². The van der Waals surface area contributed by atoms with Gasteiger partial charge in [-0.25, -0.2) is 18.1 Å². The minimum atomic E-state index is -3.39. The molecule has 0 aliphatic rings. The van der Waals surface area contributed by atoms with Gasteiger partial charge >= 0.3 is 0 Å². The molecular formula is C7H11BrN2O2S2. The lowest BCUT2D eigenvalue weighted by Crippen LogP contribution is -2.30. The molecule has 0 aliphatic heterocycles. The summed E-state index contributed by atoms with van der Waals surface area (Å²) in [7, 11) is -3.39. The van der Waals surface area contributed by atoms with E-state index in [4.69, 9.17) is 0 Å². The number of halogens is 1. The average molecular weight is 299 g/mol. The molecule has 0 atom stereocenters. The van der Waals surface area contributed by atoms with Crippen molar-refractivity contribution in [2.75, 3.05) is 0 Å². The van der Waals surface area contributed by atoms with Crippen molar-refractivity contribution >= 4 is 37.3 Å². The highest BCUT2D eigenvalue weighted by Crippen LogP contribution is 2.26. The lowest BCUT2D eigenvalue weighted by Gasteiger charge is -2.07. The molecule has 80 valence electrons. The molecule has 1 heterocycles. The summed E-state index contributed by atoms with van der Waals surface area (Å²) in [4.78, 5) is 4.00. The maximum Gasteiger partial charge on any atom is 0.252 e. The van der Waals surface area contributed by atoms with Gasteiger partial charge in [-0.2, -0.15) is 0 Å². The van der Waals surface area contributed by atoms with Gasteiger partial charge in [-0.1, -0.05) is 11.3 Å². The highest BCUT2D eigenvalue weighted by Gasteiger charge is 2.21. The first-order valence-corrected chi connectivity index (χ1v) is 7.07. The molecule has 0 amide bonds. The maximum absolute atomic E-state index is 11.7. The van der Waals surface area contributed by atoms with Gasteiger partial charge in [-0.3, -0.25) is 0 Å². The van der Waals surface area contributed by atoms with Crippen molar-refractivity contribution in [3.63, 3.8) is 0 Å². The zero-order chi connectivity index (χ0) is 10.9. The molecule has 0 saturated heterocycles. The molecule has 0 bridgehead atoms. The molecule has 4 nitrogen and oxygen atoms in total. The Labute approximate surface area is 95.9 Å². The lowest BCUT2D eigenvalue weighted by atomic mass is 10.4. The van der Waals surface area contributed by atoms with Gasteiger partial charge in [0.1, 0.15) is 0 Å². The first-order valence-electron chi connectivity index (χ1n) is 3.98. The standard InChI is InChI=1S/C7H11BrN2O2S2/c1-4(2)10-14(11,12)6-5(3)9-7(8)13-6/h4,10H,1-3H3. The van der Waals surface area contributed by atoms with Crippen molar-refractivity contribution in [1.29, 1.82) is 0 Å². The molecule has 1 aromatic heterocycles. The van der Waals surface area contributed by atoms with Gasteiger partial charge in [0, 0.05) is 6.04 Å². The first kappa shape index (κ1) is 12.1. The van der Waals surface area contributed by atoms with E-state index in [-0.39, 0.29) is 10.3 Å². The Kier molecular flexibility index (Phi) is 3.68. The highest BCUT2D eigenvalue weighted by molar-refractivity contribution is 9.11. The molecule has 1 aromatic rings. The summed E-state index contributed by atoms with van der Waals surface area (Å²) in [5.74, 6) is 0. The molecule has 0 radical (unpaired) electrons. The zero-order valence-electron chi connectivity index (χ0n) is 8.04. The number of rotatable bonds is 3. The van der Waals surface area contributed by atoms with E-state index in [2.05, 4.69) is 25.6 Å². The number of hydrogen-bond donors (Lipinski definition) is 1. The lowest BCUT2D eigenvalue weighted by molar-refractivity contribution is 0.571. The second kappa shape index (κ2) is 4.26. The van der Waals surface area contributed by atoms with Gasteiger partial charge < -0.3 is 0 Å². The SMILES string of the molecule is Cc1nc(Br)sc1S(=O)(=O)NC(C)C. The Morgan fingerprint density at radius 2 is 2.07 bits per heavy atom. The number of thiazole rings is 1. The number of nitrogens with one attached hydrogen (secondary N) is 1. The summed E-state index contributed by atoms with van der Waals surface area (Å²) >= 11 is 4.28. The third-order valence-electron chi connectivity index (χ3n) is 1.36. The van der Waals surface area contributed by atoms with E-state index >= 15 is 0 Å². The van der Waals surface area contributed by atoms with Crippen molar-refractivity contribution in [2.45, 2.75) is 31.0 Å². The predicted octanol–water partition coefficient (Wildman–Crippen LogP) is 1.90. The summed E-state index contributed by atoms with van der Waals surface area (Å²) in [5.41, 5.74) is 0.523.